The first kappa shape index (κ1) is 13.5. The van der Waals surface area contributed by atoms with Crippen molar-refractivity contribution in [1.29, 1.82) is 0 Å². The highest BCUT2D eigenvalue weighted by Gasteiger charge is 2.11. The van der Waals surface area contributed by atoms with E-state index in [1.54, 1.807) is 4.90 Å². The van der Waals surface area contributed by atoms with Gasteiger partial charge in [0.2, 0.25) is 0 Å². The fourth-order valence-electron chi connectivity index (χ4n) is 0.926. The number of amides is 1. The van der Waals surface area contributed by atoms with Crippen molar-refractivity contribution in [1.82, 2.24) is 4.90 Å². The van der Waals surface area contributed by atoms with E-state index in [1.165, 1.54) is 12.3 Å². The topological polar surface area (TPSA) is 38.8 Å². The molecule has 0 fully saturated rings. The normalized spacial score (nSPS) is 10.7. The summed E-state index contributed by atoms with van der Waals surface area (Å²) in [6.45, 7) is 10.9. The zero-order chi connectivity index (χ0) is 11.7. The summed E-state index contributed by atoms with van der Waals surface area (Å²) < 4.78 is 10.1. The standard InChI is InChI=1S/C11H19NO3/c1-5-10(9-14-8-4)15-11(13)12(6-2)7-3/h5,9H,1,6-8H2,2-4H3/b10-9-. The molecule has 0 heterocycles. The van der Waals surface area contributed by atoms with Gasteiger partial charge < -0.3 is 14.4 Å². The van der Waals surface area contributed by atoms with Crippen LogP contribution in [0, 0.1) is 0 Å². The van der Waals surface area contributed by atoms with Crippen LogP contribution in [0.15, 0.2) is 24.7 Å². The average molecular weight is 213 g/mol. The molecule has 0 aliphatic carbocycles. The first-order valence-electron chi connectivity index (χ1n) is 5.10. The van der Waals surface area contributed by atoms with Crippen LogP contribution < -0.4 is 0 Å². The number of allylic oxidation sites excluding steroid dienone is 1. The second kappa shape index (κ2) is 7.91. The monoisotopic (exact) mass is 213 g/mol. The van der Waals surface area contributed by atoms with Crippen molar-refractivity contribution in [3.63, 3.8) is 0 Å². The van der Waals surface area contributed by atoms with E-state index in [0.29, 0.717) is 25.5 Å². The molecule has 0 saturated carbocycles. The van der Waals surface area contributed by atoms with Gasteiger partial charge in [-0.15, -0.1) is 0 Å². The molecule has 0 aromatic carbocycles. The summed E-state index contributed by atoms with van der Waals surface area (Å²) in [5, 5.41) is 0. The van der Waals surface area contributed by atoms with Gasteiger partial charge in [-0.05, 0) is 26.8 Å². The van der Waals surface area contributed by atoms with Crippen LogP contribution in [0.25, 0.3) is 0 Å². The van der Waals surface area contributed by atoms with Gasteiger partial charge in [-0.2, -0.15) is 0 Å². The molecule has 0 radical (unpaired) electrons. The Kier molecular flexibility index (Phi) is 7.14. The Labute approximate surface area is 91.2 Å². The number of carbonyl (C=O) groups is 1. The maximum Gasteiger partial charge on any atom is 0.415 e. The highest BCUT2D eigenvalue weighted by atomic mass is 16.6. The quantitative estimate of drug-likeness (QED) is 0.502. The molecule has 0 aliphatic rings. The van der Waals surface area contributed by atoms with Gasteiger partial charge in [0, 0.05) is 13.1 Å². The molecule has 0 N–H and O–H groups in total. The maximum absolute atomic E-state index is 11.5. The van der Waals surface area contributed by atoms with Crippen molar-refractivity contribution in [2.75, 3.05) is 19.7 Å². The van der Waals surface area contributed by atoms with Gasteiger partial charge in [-0.25, -0.2) is 4.79 Å². The molecule has 1 amide bonds. The van der Waals surface area contributed by atoms with Crippen LogP contribution in [0.1, 0.15) is 20.8 Å². The van der Waals surface area contributed by atoms with Crippen molar-refractivity contribution in [2.45, 2.75) is 20.8 Å². The summed E-state index contributed by atoms with van der Waals surface area (Å²) in [6, 6.07) is 0. The van der Waals surface area contributed by atoms with E-state index in [4.69, 9.17) is 9.47 Å². The van der Waals surface area contributed by atoms with Gasteiger partial charge in [0.25, 0.3) is 0 Å². The second-order valence-corrected chi connectivity index (χ2v) is 2.72. The Morgan fingerprint density at radius 2 is 1.93 bits per heavy atom. The van der Waals surface area contributed by atoms with Crippen LogP contribution in [-0.4, -0.2) is 30.7 Å². The molecule has 15 heavy (non-hydrogen) atoms. The Balaban J connectivity index is 4.28. The fraction of sp³-hybridized carbons (Fsp3) is 0.545. The lowest BCUT2D eigenvalue weighted by atomic mass is 10.5. The number of hydrogen-bond acceptors (Lipinski definition) is 3. The molecular weight excluding hydrogens is 194 g/mol. The number of hydrogen-bond donors (Lipinski definition) is 0. The number of nitrogens with zero attached hydrogens (tertiary/aromatic N) is 1. The van der Waals surface area contributed by atoms with Crippen LogP contribution in [0.5, 0.6) is 0 Å². The van der Waals surface area contributed by atoms with Crippen molar-refractivity contribution in [3.05, 3.63) is 24.7 Å². The highest BCUT2D eigenvalue weighted by molar-refractivity contribution is 5.69. The second-order valence-electron chi connectivity index (χ2n) is 2.72. The fourth-order valence-corrected chi connectivity index (χ4v) is 0.926. The largest absolute Gasteiger partial charge is 0.498 e. The number of carbonyl (C=O) groups excluding carboxylic acids is 1. The third-order valence-electron chi connectivity index (χ3n) is 1.79. The highest BCUT2D eigenvalue weighted by Crippen LogP contribution is 2.03. The molecule has 4 nitrogen and oxygen atoms in total. The van der Waals surface area contributed by atoms with Crippen LogP contribution >= 0.6 is 0 Å². The van der Waals surface area contributed by atoms with Crippen molar-refractivity contribution in [2.24, 2.45) is 0 Å². The lowest BCUT2D eigenvalue weighted by Gasteiger charge is -2.17. The molecule has 0 saturated heterocycles. The minimum Gasteiger partial charge on any atom is -0.498 e. The Morgan fingerprint density at radius 1 is 1.33 bits per heavy atom. The molecule has 0 spiro atoms. The first-order valence-corrected chi connectivity index (χ1v) is 5.10. The Hall–Kier alpha value is -1.45. The van der Waals surface area contributed by atoms with Gasteiger partial charge in [-0.3, -0.25) is 0 Å². The van der Waals surface area contributed by atoms with Crippen LogP contribution in [0.4, 0.5) is 4.79 Å². The van der Waals surface area contributed by atoms with E-state index >= 15 is 0 Å². The van der Waals surface area contributed by atoms with Gasteiger partial charge in [0.15, 0.2) is 5.76 Å². The molecule has 0 rings (SSSR count). The SMILES string of the molecule is C=C/C(=C/OCC)OC(=O)N(CC)CC. The predicted octanol–water partition coefficient (Wildman–Crippen LogP) is 2.53. The minimum atomic E-state index is -0.383. The number of ether oxygens (including phenoxy) is 2. The van der Waals surface area contributed by atoms with Gasteiger partial charge in [0.05, 0.1) is 6.61 Å². The van der Waals surface area contributed by atoms with E-state index in [-0.39, 0.29) is 6.09 Å². The summed E-state index contributed by atoms with van der Waals surface area (Å²) in [5.41, 5.74) is 0. The predicted molar refractivity (Wildman–Crippen MR) is 59.3 cm³/mol. The van der Waals surface area contributed by atoms with Gasteiger partial charge >= 0.3 is 6.09 Å². The molecule has 86 valence electrons. The Morgan fingerprint density at radius 3 is 2.33 bits per heavy atom. The van der Waals surface area contributed by atoms with Gasteiger partial charge in [-0.1, -0.05) is 6.58 Å². The molecule has 0 bridgehead atoms. The van der Waals surface area contributed by atoms with E-state index in [9.17, 15) is 4.79 Å². The molecule has 0 aliphatic heterocycles. The molecule has 0 aromatic rings. The minimum absolute atomic E-state index is 0.328. The van der Waals surface area contributed by atoms with E-state index in [2.05, 4.69) is 6.58 Å². The molecule has 0 atom stereocenters. The summed E-state index contributed by atoms with van der Waals surface area (Å²) in [7, 11) is 0. The van der Waals surface area contributed by atoms with E-state index in [0.717, 1.165) is 0 Å². The maximum atomic E-state index is 11.5. The zero-order valence-electron chi connectivity index (χ0n) is 9.66. The van der Waals surface area contributed by atoms with Crippen molar-refractivity contribution < 1.29 is 14.3 Å². The van der Waals surface area contributed by atoms with Crippen LogP contribution in [0.2, 0.25) is 0 Å². The molecular formula is C11H19NO3. The Bertz CT molecular complexity index is 232. The van der Waals surface area contributed by atoms with Crippen LogP contribution in [0.3, 0.4) is 0 Å². The first-order chi connectivity index (χ1) is 7.19. The third-order valence-corrected chi connectivity index (χ3v) is 1.79. The van der Waals surface area contributed by atoms with Gasteiger partial charge in [0.1, 0.15) is 6.26 Å². The third kappa shape index (κ3) is 5.10. The van der Waals surface area contributed by atoms with Crippen LogP contribution in [-0.2, 0) is 9.47 Å². The lowest BCUT2D eigenvalue weighted by Crippen LogP contribution is -2.30. The molecule has 0 unspecified atom stereocenters. The smallest absolute Gasteiger partial charge is 0.415 e. The summed E-state index contributed by atoms with van der Waals surface area (Å²) in [5.74, 6) is 0.328. The number of rotatable bonds is 6. The summed E-state index contributed by atoms with van der Waals surface area (Å²) in [4.78, 5) is 13.1. The lowest BCUT2D eigenvalue weighted by molar-refractivity contribution is 0.130. The van der Waals surface area contributed by atoms with Crippen molar-refractivity contribution >= 4 is 6.09 Å². The van der Waals surface area contributed by atoms with E-state index in [1.807, 2.05) is 20.8 Å². The van der Waals surface area contributed by atoms with E-state index < -0.39 is 0 Å². The summed E-state index contributed by atoms with van der Waals surface area (Å²) in [6.07, 6.45) is 2.44. The molecule has 4 heteroatoms. The zero-order valence-corrected chi connectivity index (χ0v) is 9.66. The summed E-state index contributed by atoms with van der Waals surface area (Å²) >= 11 is 0. The molecule has 0 aromatic heterocycles. The average Bonchev–Trinajstić information content (AvgIpc) is 2.25. The van der Waals surface area contributed by atoms with Crippen molar-refractivity contribution in [3.8, 4) is 0 Å².